The van der Waals surface area contributed by atoms with E-state index in [1.54, 1.807) is 30.1 Å². The van der Waals surface area contributed by atoms with Crippen molar-refractivity contribution in [3.8, 4) is 0 Å². The first kappa shape index (κ1) is 23.6. The average molecular weight is 447 g/mol. The van der Waals surface area contributed by atoms with Gasteiger partial charge in [-0.05, 0) is 51.0 Å². The number of hydrogen-bond donors (Lipinski definition) is 0. The maximum Gasteiger partial charge on any atom is 0.410 e. The fourth-order valence-corrected chi connectivity index (χ4v) is 3.33. The summed E-state index contributed by atoms with van der Waals surface area (Å²) in [5, 5.41) is 0.980. The Morgan fingerprint density at radius 1 is 1.24 bits per heavy atom. The van der Waals surface area contributed by atoms with E-state index in [4.69, 9.17) is 37.4 Å². The predicted molar refractivity (Wildman–Crippen MR) is 111 cm³/mol. The summed E-state index contributed by atoms with van der Waals surface area (Å²) in [6.07, 6.45) is -0.398. The van der Waals surface area contributed by atoms with Crippen molar-refractivity contribution in [2.45, 2.75) is 45.5 Å². The molecule has 0 saturated carbocycles. The lowest BCUT2D eigenvalue weighted by Crippen LogP contribution is -2.47. The van der Waals surface area contributed by atoms with Crippen LogP contribution in [0.5, 0.6) is 0 Å². The smallest absolute Gasteiger partial charge is 0.410 e. The molecule has 1 atom stereocenters. The molecule has 0 spiro atoms. The third-order valence-corrected chi connectivity index (χ3v) is 4.61. The van der Waals surface area contributed by atoms with Gasteiger partial charge in [-0.3, -0.25) is 0 Å². The minimum absolute atomic E-state index is 0.0858. The molecule has 1 fully saturated rings. The van der Waals surface area contributed by atoms with E-state index in [2.05, 4.69) is 0 Å². The van der Waals surface area contributed by atoms with Crippen molar-refractivity contribution in [2.24, 2.45) is 0 Å². The number of morpholine rings is 1. The molecule has 0 aromatic heterocycles. The summed E-state index contributed by atoms with van der Waals surface area (Å²) in [5.41, 5.74) is 0.181. The molecule has 1 heterocycles. The highest BCUT2D eigenvalue weighted by atomic mass is 35.5. The van der Waals surface area contributed by atoms with Crippen molar-refractivity contribution in [1.82, 2.24) is 9.80 Å². The second-order valence-electron chi connectivity index (χ2n) is 7.96. The number of rotatable bonds is 5. The van der Waals surface area contributed by atoms with Crippen molar-refractivity contribution in [2.75, 3.05) is 33.3 Å². The molecule has 162 valence electrons. The number of ether oxygens (including phenoxy) is 3. The number of nitrogens with zero attached hydrogens (tertiary/aromatic N) is 2. The molecular formula is C20H28Cl2N2O5. The van der Waals surface area contributed by atoms with E-state index < -0.39 is 11.7 Å². The van der Waals surface area contributed by atoms with Crippen LogP contribution in [0.1, 0.15) is 32.8 Å². The van der Waals surface area contributed by atoms with Crippen LogP contribution in [0.2, 0.25) is 10.0 Å². The SMILES string of the molecule is CN(CC[C@@H]1CN(C(=O)OCc2cc(Cl)cc(Cl)c2)CCO1)C(=O)OC(C)(C)C. The number of carbonyl (C=O) groups excluding carboxylic acids is 2. The quantitative estimate of drug-likeness (QED) is 0.661. The second-order valence-corrected chi connectivity index (χ2v) is 8.83. The Bertz CT molecular complexity index is 703. The van der Waals surface area contributed by atoms with Gasteiger partial charge in [-0.2, -0.15) is 0 Å². The summed E-state index contributed by atoms with van der Waals surface area (Å²) in [4.78, 5) is 27.5. The maximum absolute atomic E-state index is 12.4. The Morgan fingerprint density at radius 3 is 2.52 bits per heavy atom. The maximum atomic E-state index is 12.4. The Hall–Kier alpha value is -1.70. The van der Waals surface area contributed by atoms with Crippen LogP contribution >= 0.6 is 23.2 Å². The molecule has 7 nitrogen and oxygen atoms in total. The summed E-state index contributed by atoms with van der Waals surface area (Å²) in [6, 6.07) is 5.03. The number of benzene rings is 1. The van der Waals surface area contributed by atoms with Gasteiger partial charge < -0.3 is 24.0 Å². The van der Waals surface area contributed by atoms with E-state index in [0.717, 1.165) is 5.56 Å². The van der Waals surface area contributed by atoms with Crippen LogP contribution in [0.25, 0.3) is 0 Å². The van der Waals surface area contributed by atoms with Crippen molar-refractivity contribution < 1.29 is 23.8 Å². The third-order valence-electron chi connectivity index (χ3n) is 4.17. The molecule has 1 aromatic rings. The van der Waals surface area contributed by atoms with Crippen LogP contribution in [0.3, 0.4) is 0 Å². The average Bonchev–Trinajstić information content (AvgIpc) is 2.62. The lowest BCUT2D eigenvalue weighted by molar-refractivity contribution is -0.0351. The van der Waals surface area contributed by atoms with Gasteiger partial charge in [-0.15, -0.1) is 0 Å². The first-order chi connectivity index (χ1) is 13.5. The first-order valence-corrected chi connectivity index (χ1v) is 10.2. The number of carbonyl (C=O) groups is 2. The van der Waals surface area contributed by atoms with Gasteiger partial charge in [0.15, 0.2) is 0 Å². The zero-order chi connectivity index (χ0) is 21.6. The third kappa shape index (κ3) is 8.28. The molecule has 0 aliphatic carbocycles. The first-order valence-electron chi connectivity index (χ1n) is 9.46. The molecule has 1 aromatic carbocycles. The predicted octanol–water partition coefficient (Wildman–Crippen LogP) is 4.59. The Morgan fingerprint density at radius 2 is 1.90 bits per heavy atom. The van der Waals surface area contributed by atoms with Gasteiger partial charge in [0.1, 0.15) is 12.2 Å². The fraction of sp³-hybridized carbons (Fsp3) is 0.600. The van der Waals surface area contributed by atoms with E-state index in [-0.39, 0.29) is 18.8 Å². The van der Waals surface area contributed by atoms with Crippen LogP contribution in [-0.2, 0) is 20.8 Å². The van der Waals surface area contributed by atoms with Crippen molar-refractivity contribution in [3.05, 3.63) is 33.8 Å². The van der Waals surface area contributed by atoms with Crippen LogP contribution in [0.4, 0.5) is 9.59 Å². The lowest BCUT2D eigenvalue weighted by Gasteiger charge is -2.33. The molecule has 2 amide bonds. The Balaban J connectivity index is 1.79. The minimum Gasteiger partial charge on any atom is -0.445 e. The molecule has 0 unspecified atom stereocenters. The van der Waals surface area contributed by atoms with E-state index >= 15 is 0 Å². The van der Waals surface area contributed by atoms with Crippen LogP contribution < -0.4 is 0 Å². The number of halogens is 2. The second kappa shape index (κ2) is 10.4. The Kier molecular flexibility index (Phi) is 8.43. The highest BCUT2D eigenvalue weighted by molar-refractivity contribution is 6.34. The number of amides is 2. The molecule has 29 heavy (non-hydrogen) atoms. The van der Waals surface area contributed by atoms with Crippen molar-refractivity contribution in [1.29, 1.82) is 0 Å². The summed E-state index contributed by atoms with van der Waals surface area (Å²) < 4.78 is 16.4. The summed E-state index contributed by atoms with van der Waals surface area (Å²) in [5.74, 6) is 0. The lowest BCUT2D eigenvalue weighted by atomic mass is 10.2. The van der Waals surface area contributed by atoms with Crippen LogP contribution in [-0.4, -0.2) is 67.0 Å². The summed E-state index contributed by atoms with van der Waals surface area (Å²) in [7, 11) is 1.68. The highest BCUT2D eigenvalue weighted by Crippen LogP contribution is 2.20. The topological polar surface area (TPSA) is 68.3 Å². The molecule has 1 saturated heterocycles. The van der Waals surface area contributed by atoms with Gasteiger partial charge in [0, 0.05) is 30.2 Å². The van der Waals surface area contributed by atoms with Crippen LogP contribution in [0.15, 0.2) is 18.2 Å². The monoisotopic (exact) mass is 446 g/mol. The van der Waals surface area contributed by atoms with Crippen LogP contribution in [0, 0.1) is 0 Å². The molecule has 9 heteroatoms. The normalized spacial score (nSPS) is 17.0. The largest absolute Gasteiger partial charge is 0.445 e. The number of hydrogen-bond acceptors (Lipinski definition) is 5. The van der Waals surface area contributed by atoms with Gasteiger partial charge in [0.2, 0.25) is 0 Å². The highest BCUT2D eigenvalue weighted by Gasteiger charge is 2.26. The zero-order valence-corrected chi connectivity index (χ0v) is 18.8. The molecular weight excluding hydrogens is 419 g/mol. The van der Waals surface area contributed by atoms with Gasteiger partial charge in [-0.25, -0.2) is 9.59 Å². The van der Waals surface area contributed by atoms with E-state index in [0.29, 0.717) is 42.7 Å². The fourth-order valence-electron chi connectivity index (χ4n) is 2.76. The van der Waals surface area contributed by atoms with Crippen molar-refractivity contribution in [3.63, 3.8) is 0 Å². The molecule has 0 radical (unpaired) electrons. The minimum atomic E-state index is -0.541. The van der Waals surface area contributed by atoms with Gasteiger partial charge in [-0.1, -0.05) is 23.2 Å². The molecule has 0 N–H and O–H groups in total. The zero-order valence-electron chi connectivity index (χ0n) is 17.2. The molecule has 2 rings (SSSR count). The van der Waals surface area contributed by atoms with Gasteiger partial charge >= 0.3 is 12.2 Å². The molecule has 0 bridgehead atoms. The molecule has 1 aliphatic rings. The van der Waals surface area contributed by atoms with Gasteiger partial charge in [0.25, 0.3) is 0 Å². The van der Waals surface area contributed by atoms with E-state index in [1.807, 2.05) is 20.8 Å². The summed E-state index contributed by atoms with van der Waals surface area (Å²) in [6.45, 7) is 7.28. The van der Waals surface area contributed by atoms with E-state index in [1.165, 1.54) is 4.90 Å². The Labute approximate surface area is 181 Å². The van der Waals surface area contributed by atoms with Crippen molar-refractivity contribution >= 4 is 35.4 Å². The molecule has 1 aliphatic heterocycles. The van der Waals surface area contributed by atoms with Gasteiger partial charge in [0.05, 0.1) is 19.3 Å². The standard InChI is InChI=1S/C20H28Cl2N2O5/c1-20(2,3)29-18(25)23(4)6-5-17-12-24(7-8-27-17)19(26)28-13-14-9-15(21)11-16(22)10-14/h9-11,17H,5-8,12-13H2,1-4H3/t17-/m1/s1. The summed E-state index contributed by atoms with van der Waals surface area (Å²) >= 11 is 11.9. The van der Waals surface area contributed by atoms with E-state index in [9.17, 15) is 9.59 Å².